The van der Waals surface area contributed by atoms with E-state index in [2.05, 4.69) is 10.3 Å². The van der Waals surface area contributed by atoms with Gasteiger partial charge in [-0.1, -0.05) is 0 Å². The molecule has 21 heavy (non-hydrogen) atoms. The predicted molar refractivity (Wildman–Crippen MR) is 84.9 cm³/mol. The van der Waals surface area contributed by atoms with Crippen LogP contribution >= 0.6 is 23.7 Å². The minimum atomic E-state index is -0.155. The Labute approximate surface area is 134 Å². The van der Waals surface area contributed by atoms with E-state index in [-0.39, 0.29) is 24.2 Å². The lowest BCUT2D eigenvalue weighted by Gasteiger charge is -2.14. The Hall–Kier alpha value is -1.18. The minimum absolute atomic E-state index is 0. The van der Waals surface area contributed by atoms with Gasteiger partial charge in [0.1, 0.15) is 5.69 Å². The van der Waals surface area contributed by atoms with E-state index in [1.807, 2.05) is 4.90 Å². The molecule has 0 radical (unpaired) electrons. The molecule has 0 saturated carbocycles. The van der Waals surface area contributed by atoms with Crippen LogP contribution in [0.15, 0.2) is 5.38 Å². The van der Waals surface area contributed by atoms with Crippen LogP contribution in [0.2, 0.25) is 0 Å². The van der Waals surface area contributed by atoms with Crippen molar-refractivity contribution in [1.82, 2.24) is 15.2 Å². The second-order valence-corrected chi connectivity index (χ2v) is 5.70. The van der Waals surface area contributed by atoms with Gasteiger partial charge in [0.05, 0.1) is 5.01 Å². The van der Waals surface area contributed by atoms with Crippen LogP contribution in [0.25, 0.3) is 0 Å². The predicted octanol–water partition coefficient (Wildman–Crippen LogP) is 0.808. The zero-order valence-electron chi connectivity index (χ0n) is 11.8. The van der Waals surface area contributed by atoms with Crippen LogP contribution in [0.5, 0.6) is 0 Å². The molecule has 1 fully saturated rings. The Balaban J connectivity index is 0.00000220. The number of nitrogens with one attached hydrogen (secondary N) is 1. The average molecular weight is 333 g/mol. The molecule has 2 rings (SSSR count). The number of aromatic nitrogens is 1. The SMILES string of the molecule is Cl.NCCc1nc(C(=O)NCCCN2CCCC2=O)cs1. The highest BCUT2D eigenvalue weighted by Crippen LogP contribution is 2.10. The third kappa shape index (κ3) is 5.26. The molecule has 1 saturated heterocycles. The van der Waals surface area contributed by atoms with Gasteiger partial charge < -0.3 is 16.0 Å². The zero-order valence-corrected chi connectivity index (χ0v) is 13.5. The maximum Gasteiger partial charge on any atom is 0.270 e. The Bertz CT molecular complexity index is 480. The van der Waals surface area contributed by atoms with Crippen LogP contribution < -0.4 is 11.1 Å². The monoisotopic (exact) mass is 332 g/mol. The summed E-state index contributed by atoms with van der Waals surface area (Å²) in [5.74, 6) is 0.0690. The first-order valence-electron chi connectivity index (χ1n) is 6.91. The largest absolute Gasteiger partial charge is 0.351 e. The van der Waals surface area contributed by atoms with Crippen molar-refractivity contribution in [3.05, 3.63) is 16.1 Å². The summed E-state index contributed by atoms with van der Waals surface area (Å²) in [6.07, 6.45) is 3.09. The summed E-state index contributed by atoms with van der Waals surface area (Å²) in [7, 11) is 0. The van der Waals surface area contributed by atoms with E-state index in [9.17, 15) is 9.59 Å². The first-order valence-corrected chi connectivity index (χ1v) is 7.79. The number of hydrogen-bond acceptors (Lipinski definition) is 5. The zero-order chi connectivity index (χ0) is 14.4. The first-order chi connectivity index (χ1) is 9.70. The molecule has 0 atom stereocenters. The molecule has 0 unspecified atom stereocenters. The first kappa shape index (κ1) is 17.9. The van der Waals surface area contributed by atoms with E-state index < -0.39 is 0 Å². The molecule has 8 heteroatoms. The van der Waals surface area contributed by atoms with Gasteiger partial charge in [0, 0.05) is 37.9 Å². The molecule has 6 nitrogen and oxygen atoms in total. The third-order valence-corrected chi connectivity index (χ3v) is 4.11. The Morgan fingerprint density at radius 3 is 3.00 bits per heavy atom. The lowest BCUT2D eigenvalue weighted by Crippen LogP contribution is -2.30. The van der Waals surface area contributed by atoms with Gasteiger partial charge in [0.15, 0.2) is 0 Å². The minimum Gasteiger partial charge on any atom is -0.351 e. The lowest BCUT2D eigenvalue weighted by atomic mass is 10.3. The Kier molecular flexibility index (Phi) is 7.63. The second kappa shape index (κ2) is 8.96. The van der Waals surface area contributed by atoms with Gasteiger partial charge in [-0.2, -0.15) is 0 Å². The van der Waals surface area contributed by atoms with E-state index in [0.717, 1.165) is 24.4 Å². The molecule has 1 aromatic heterocycles. The molecule has 1 aromatic rings. The molecular weight excluding hydrogens is 312 g/mol. The molecule has 0 spiro atoms. The molecule has 2 amide bonds. The second-order valence-electron chi connectivity index (χ2n) is 4.76. The topological polar surface area (TPSA) is 88.3 Å². The van der Waals surface area contributed by atoms with Crippen molar-refractivity contribution >= 4 is 35.6 Å². The molecule has 1 aliphatic rings. The summed E-state index contributed by atoms with van der Waals surface area (Å²) in [4.78, 5) is 29.3. The van der Waals surface area contributed by atoms with Gasteiger partial charge in [0.25, 0.3) is 5.91 Å². The number of carbonyl (C=O) groups excluding carboxylic acids is 2. The highest BCUT2D eigenvalue weighted by atomic mass is 35.5. The molecule has 0 aliphatic carbocycles. The summed E-state index contributed by atoms with van der Waals surface area (Å²) in [5.41, 5.74) is 5.90. The number of amides is 2. The fourth-order valence-electron chi connectivity index (χ4n) is 2.16. The highest BCUT2D eigenvalue weighted by molar-refractivity contribution is 7.09. The maximum absolute atomic E-state index is 11.8. The summed E-state index contributed by atoms with van der Waals surface area (Å²) < 4.78 is 0. The summed E-state index contributed by atoms with van der Waals surface area (Å²) >= 11 is 1.46. The van der Waals surface area contributed by atoms with E-state index in [0.29, 0.717) is 38.2 Å². The van der Waals surface area contributed by atoms with E-state index in [4.69, 9.17) is 5.73 Å². The number of carbonyl (C=O) groups is 2. The molecule has 118 valence electrons. The Morgan fingerprint density at radius 1 is 1.52 bits per heavy atom. The molecular formula is C13H21ClN4O2S. The van der Waals surface area contributed by atoms with Gasteiger partial charge in [-0.15, -0.1) is 23.7 Å². The standard InChI is InChI=1S/C13H20N4O2S.ClH/c14-5-4-11-16-10(9-20-11)13(19)15-6-2-8-17-7-1-3-12(17)18;/h9H,1-8,14H2,(H,15,19);1H. The number of likely N-dealkylation sites (tertiary alicyclic amines) is 1. The van der Waals surface area contributed by atoms with Crippen molar-refractivity contribution in [2.45, 2.75) is 25.7 Å². The van der Waals surface area contributed by atoms with Crippen molar-refractivity contribution in [1.29, 1.82) is 0 Å². The van der Waals surface area contributed by atoms with Crippen LogP contribution in [-0.4, -0.2) is 47.9 Å². The smallest absolute Gasteiger partial charge is 0.270 e. The maximum atomic E-state index is 11.8. The van der Waals surface area contributed by atoms with Crippen molar-refractivity contribution in [2.24, 2.45) is 5.73 Å². The molecule has 0 aromatic carbocycles. The van der Waals surface area contributed by atoms with Gasteiger partial charge in [-0.05, 0) is 19.4 Å². The Morgan fingerprint density at radius 2 is 2.33 bits per heavy atom. The summed E-state index contributed by atoms with van der Waals surface area (Å²) in [6, 6.07) is 0. The summed E-state index contributed by atoms with van der Waals surface area (Å²) in [5, 5.41) is 5.47. The van der Waals surface area contributed by atoms with Crippen molar-refractivity contribution in [3.63, 3.8) is 0 Å². The number of halogens is 1. The number of nitrogens with zero attached hydrogens (tertiary/aromatic N) is 2. The van der Waals surface area contributed by atoms with E-state index >= 15 is 0 Å². The number of nitrogens with two attached hydrogens (primary N) is 1. The fourth-order valence-corrected chi connectivity index (χ4v) is 2.95. The van der Waals surface area contributed by atoms with Crippen LogP contribution in [0.3, 0.4) is 0 Å². The average Bonchev–Trinajstić information content (AvgIpc) is 3.05. The van der Waals surface area contributed by atoms with Crippen LogP contribution in [-0.2, 0) is 11.2 Å². The van der Waals surface area contributed by atoms with Crippen LogP contribution in [0.4, 0.5) is 0 Å². The van der Waals surface area contributed by atoms with Crippen LogP contribution in [0, 0.1) is 0 Å². The summed E-state index contributed by atoms with van der Waals surface area (Å²) in [6.45, 7) is 2.67. The molecule has 3 N–H and O–H groups in total. The van der Waals surface area contributed by atoms with Crippen LogP contribution in [0.1, 0.15) is 34.8 Å². The number of rotatable bonds is 7. The van der Waals surface area contributed by atoms with Gasteiger partial charge in [-0.25, -0.2) is 4.98 Å². The van der Waals surface area contributed by atoms with E-state index in [1.54, 1.807) is 5.38 Å². The normalized spacial score (nSPS) is 14.1. The lowest BCUT2D eigenvalue weighted by molar-refractivity contribution is -0.127. The van der Waals surface area contributed by atoms with Gasteiger partial charge >= 0.3 is 0 Å². The third-order valence-electron chi connectivity index (χ3n) is 3.20. The molecule has 1 aliphatic heterocycles. The van der Waals surface area contributed by atoms with Gasteiger partial charge in [0.2, 0.25) is 5.91 Å². The quantitative estimate of drug-likeness (QED) is 0.723. The number of thiazole rings is 1. The van der Waals surface area contributed by atoms with E-state index in [1.165, 1.54) is 11.3 Å². The molecule has 2 heterocycles. The van der Waals surface area contributed by atoms with Crippen molar-refractivity contribution in [3.8, 4) is 0 Å². The van der Waals surface area contributed by atoms with Crippen molar-refractivity contribution < 1.29 is 9.59 Å². The number of hydrogen-bond donors (Lipinski definition) is 2. The van der Waals surface area contributed by atoms with Gasteiger partial charge in [-0.3, -0.25) is 9.59 Å². The highest BCUT2D eigenvalue weighted by Gasteiger charge is 2.19. The fraction of sp³-hybridized carbons (Fsp3) is 0.615. The van der Waals surface area contributed by atoms with Crippen molar-refractivity contribution in [2.75, 3.05) is 26.2 Å². The molecule has 0 bridgehead atoms.